The van der Waals surface area contributed by atoms with Crippen LogP contribution in [-0.2, 0) is 11.3 Å². The molecule has 3 aromatic rings. The Kier molecular flexibility index (Phi) is 8.13. The highest BCUT2D eigenvalue weighted by Gasteiger charge is 2.35. The second-order valence-corrected chi connectivity index (χ2v) is 11.5. The van der Waals surface area contributed by atoms with Crippen LogP contribution in [-0.4, -0.2) is 71.2 Å². The first-order valence-electron chi connectivity index (χ1n) is 14.9. The second-order valence-electron chi connectivity index (χ2n) is 11.5. The van der Waals surface area contributed by atoms with E-state index in [2.05, 4.69) is 20.5 Å². The molecule has 3 aliphatic heterocycles. The average Bonchev–Trinajstić information content (AvgIpc) is 3.02. The van der Waals surface area contributed by atoms with Gasteiger partial charge >= 0.3 is 6.09 Å². The summed E-state index contributed by atoms with van der Waals surface area (Å²) in [5.74, 6) is -0.0717. The topological polar surface area (TPSA) is 126 Å². The van der Waals surface area contributed by atoms with Crippen LogP contribution in [0.15, 0.2) is 65.7 Å². The molecule has 1 aromatic carbocycles. The van der Waals surface area contributed by atoms with Crippen molar-refractivity contribution in [2.75, 3.05) is 43.0 Å². The number of rotatable bonds is 6. The van der Waals surface area contributed by atoms with Gasteiger partial charge < -0.3 is 29.7 Å². The van der Waals surface area contributed by atoms with E-state index >= 15 is 0 Å². The number of likely N-dealkylation sites (tertiary alicyclic amines) is 1. The summed E-state index contributed by atoms with van der Waals surface area (Å²) in [6.45, 7) is 5.23. The molecular weight excluding hydrogens is 548 g/mol. The number of carbonyl (C=O) groups excluding carboxylic acids is 3. The fraction of sp³-hybridized carbons (Fsp3) is 0.406. The summed E-state index contributed by atoms with van der Waals surface area (Å²) in [5.41, 5.74) is 3.31. The molecule has 0 spiro atoms. The van der Waals surface area contributed by atoms with E-state index in [1.54, 1.807) is 48.4 Å². The maximum Gasteiger partial charge on any atom is 0.409 e. The van der Waals surface area contributed by atoms with E-state index in [4.69, 9.17) is 4.74 Å². The summed E-state index contributed by atoms with van der Waals surface area (Å²) < 4.78 is 6.99. The second kappa shape index (κ2) is 12.3. The van der Waals surface area contributed by atoms with Gasteiger partial charge in [0.05, 0.1) is 23.5 Å². The van der Waals surface area contributed by atoms with Gasteiger partial charge in [-0.15, -0.1) is 0 Å². The standard InChI is InChI=1S/C32H36N6O5/c1-2-43-32(42)36-13-10-25(11-14-36)34-30(40)22-8-9-28(26(16-22)35-31(41)23-5-4-12-33-17-23)37-18-21-15-24(20-37)27-6-3-7-29(39)38(27)19-21/h3-9,12,16-17,21,24-25H,2,10-11,13-15,18-20H2,1H3,(H,34,40)(H,35,41). The molecule has 3 aliphatic rings. The first kappa shape index (κ1) is 28.4. The summed E-state index contributed by atoms with van der Waals surface area (Å²) in [6.07, 6.45) is 5.07. The van der Waals surface area contributed by atoms with E-state index < -0.39 is 0 Å². The van der Waals surface area contributed by atoms with Crippen LogP contribution >= 0.6 is 0 Å². The molecule has 11 nitrogen and oxygen atoms in total. The first-order chi connectivity index (χ1) is 20.9. The number of pyridine rings is 2. The van der Waals surface area contributed by atoms with E-state index in [0.717, 1.165) is 24.3 Å². The van der Waals surface area contributed by atoms with Gasteiger partial charge in [0.15, 0.2) is 0 Å². The number of amides is 3. The molecule has 0 aliphatic carbocycles. The van der Waals surface area contributed by atoms with Crippen molar-refractivity contribution < 1.29 is 19.1 Å². The van der Waals surface area contributed by atoms with E-state index in [1.807, 2.05) is 22.8 Å². The van der Waals surface area contributed by atoms with Gasteiger partial charge in [-0.05, 0) is 68.5 Å². The van der Waals surface area contributed by atoms with Crippen molar-refractivity contribution >= 4 is 29.3 Å². The first-order valence-corrected chi connectivity index (χ1v) is 14.9. The Morgan fingerprint density at radius 1 is 0.977 bits per heavy atom. The molecule has 2 fully saturated rings. The number of piperidine rings is 2. The van der Waals surface area contributed by atoms with Crippen LogP contribution < -0.4 is 21.1 Å². The number of anilines is 2. The van der Waals surface area contributed by atoms with Crippen molar-refractivity contribution in [3.63, 3.8) is 0 Å². The lowest BCUT2D eigenvalue weighted by Crippen LogP contribution is -2.47. The molecule has 5 heterocycles. The number of ether oxygens (including phenoxy) is 1. The molecule has 2 bridgehead atoms. The number of nitrogens with zero attached hydrogens (tertiary/aromatic N) is 4. The number of benzene rings is 1. The number of carbonyl (C=O) groups is 3. The van der Waals surface area contributed by atoms with Gasteiger partial charge in [-0.25, -0.2) is 4.79 Å². The SMILES string of the molecule is CCOC(=O)N1CCC(NC(=O)c2ccc(N3CC4CC(C3)c3cccc(=O)n3C4)c(NC(=O)c3cccnc3)c2)CC1. The van der Waals surface area contributed by atoms with E-state index in [9.17, 15) is 19.2 Å². The Bertz CT molecular complexity index is 1570. The predicted molar refractivity (Wildman–Crippen MR) is 161 cm³/mol. The number of fused-ring (bicyclic) bond motifs is 4. The minimum absolute atomic E-state index is 0.0343. The summed E-state index contributed by atoms with van der Waals surface area (Å²) >= 11 is 0. The van der Waals surface area contributed by atoms with Crippen molar-refractivity contribution in [1.82, 2.24) is 19.8 Å². The summed E-state index contributed by atoms with van der Waals surface area (Å²) in [7, 11) is 0. The minimum atomic E-state index is -0.325. The van der Waals surface area contributed by atoms with Crippen LogP contribution in [0.3, 0.4) is 0 Å². The van der Waals surface area contributed by atoms with Gasteiger partial charge in [-0.1, -0.05) is 6.07 Å². The van der Waals surface area contributed by atoms with Gasteiger partial charge in [0.2, 0.25) is 0 Å². The lowest BCUT2D eigenvalue weighted by molar-refractivity contribution is 0.0859. The van der Waals surface area contributed by atoms with Gasteiger partial charge in [0.1, 0.15) is 0 Å². The molecule has 2 unspecified atom stereocenters. The smallest absolute Gasteiger partial charge is 0.409 e. The van der Waals surface area contributed by atoms with Crippen LogP contribution in [0.25, 0.3) is 0 Å². The molecule has 11 heteroatoms. The Hall–Kier alpha value is -4.67. The molecule has 2 aromatic heterocycles. The van der Waals surface area contributed by atoms with Crippen molar-refractivity contribution in [2.24, 2.45) is 5.92 Å². The Morgan fingerprint density at radius 3 is 2.58 bits per heavy atom. The lowest BCUT2D eigenvalue weighted by atomic mass is 9.83. The zero-order valence-corrected chi connectivity index (χ0v) is 24.2. The monoisotopic (exact) mass is 584 g/mol. The van der Waals surface area contributed by atoms with Crippen LogP contribution in [0.5, 0.6) is 0 Å². The van der Waals surface area contributed by atoms with Crippen molar-refractivity contribution in [3.8, 4) is 0 Å². The van der Waals surface area contributed by atoms with E-state index in [1.165, 1.54) is 6.20 Å². The number of aromatic nitrogens is 2. The van der Waals surface area contributed by atoms with Gasteiger partial charge in [-0.2, -0.15) is 0 Å². The quantitative estimate of drug-likeness (QED) is 0.455. The van der Waals surface area contributed by atoms with E-state index in [-0.39, 0.29) is 41.3 Å². The number of hydrogen-bond acceptors (Lipinski definition) is 7. The highest BCUT2D eigenvalue weighted by atomic mass is 16.6. The highest BCUT2D eigenvalue weighted by molar-refractivity contribution is 6.07. The molecule has 2 saturated heterocycles. The third-order valence-corrected chi connectivity index (χ3v) is 8.61. The zero-order valence-electron chi connectivity index (χ0n) is 24.2. The molecule has 224 valence electrons. The van der Waals surface area contributed by atoms with Crippen molar-refractivity contribution in [2.45, 2.75) is 44.7 Å². The Morgan fingerprint density at radius 2 is 1.81 bits per heavy atom. The normalized spacial score (nSPS) is 19.7. The molecule has 2 atom stereocenters. The molecule has 43 heavy (non-hydrogen) atoms. The van der Waals surface area contributed by atoms with Crippen LogP contribution in [0.1, 0.15) is 58.5 Å². The molecule has 2 N–H and O–H groups in total. The third-order valence-electron chi connectivity index (χ3n) is 8.61. The fourth-order valence-electron chi connectivity index (χ4n) is 6.53. The Balaban J connectivity index is 1.22. The number of hydrogen-bond donors (Lipinski definition) is 2. The van der Waals surface area contributed by atoms with Gasteiger partial charge in [-0.3, -0.25) is 19.4 Å². The maximum atomic E-state index is 13.4. The van der Waals surface area contributed by atoms with Crippen LogP contribution in [0.2, 0.25) is 0 Å². The predicted octanol–water partition coefficient (Wildman–Crippen LogP) is 3.47. The largest absolute Gasteiger partial charge is 0.450 e. The van der Waals surface area contributed by atoms with Gasteiger partial charge in [0.25, 0.3) is 17.4 Å². The maximum absolute atomic E-state index is 13.4. The van der Waals surface area contributed by atoms with Gasteiger partial charge in [0, 0.05) is 74.4 Å². The van der Waals surface area contributed by atoms with Crippen LogP contribution in [0.4, 0.5) is 16.2 Å². The minimum Gasteiger partial charge on any atom is -0.450 e. The molecule has 0 radical (unpaired) electrons. The number of nitrogens with one attached hydrogen (secondary N) is 2. The van der Waals surface area contributed by atoms with Crippen LogP contribution in [0, 0.1) is 5.92 Å². The molecular formula is C32H36N6O5. The highest BCUT2D eigenvalue weighted by Crippen LogP contribution is 2.39. The Labute approximate surface area is 249 Å². The fourth-order valence-corrected chi connectivity index (χ4v) is 6.53. The molecule has 3 amide bonds. The summed E-state index contributed by atoms with van der Waals surface area (Å²) in [6, 6.07) is 14.2. The lowest BCUT2D eigenvalue weighted by Gasteiger charge is -2.44. The zero-order chi connectivity index (χ0) is 29.9. The summed E-state index contributed by atoms with van der Waals surface area (Å²) in [5, 5.41) is 6.13. The van der Waals surface area contributed by atoms with Crippen molar-refractivity contribution in [1.29, 1.82) is 0 Å². The molecule has 0 saturated carbocycles. The van der Waals surface area contributed by atoms with E-state index in [0.29, 0.717) is 62.4 Å². The molecule has 6 rings (SSSR count). The summed E-state index contributed by atoms with van der Waals surface area (Å²) in [4.78, 5) is 59.1. The average molecular weight is 585 g/mol. The van der Waals surface area contributed by atoms with Crippen molar-refractivity contribution in [3.05, 3.63) is 88.1 Å². The third kappa shape index (κ3) is 6.11.